The number of para-hydroxylation sites is 4. The molecule has 2 heterocycles. The third kappa shape index (κ3) is 4.25. The van der Waals surface area contributed by atoms with E-state index < -0.39 is 11.8 Å². The van der Waals surface area contributed by atoms with Gasteiger partial charge < -0.3 is 18.9 Å². The van der Waals surface area contributed by atoms with E-state index >= 15 is 0 Å². The SMILES string of the molecule is CCCOc1c2cccc1Cc1cccc3c1OC(=O)[C@@H]3c1cccc(c1OCCC)[C@@H]1C(=O)Oc3c(cccc31)C2. The Hall–Kier alpha value is -4.58. The van der Waals surface area contributed by atoms with Crippen molar-refractivity contribution in [1.82, 2.24) is 0 Å². The standard InChI is InChI=1S/C36H32O6/c1-3-17-39-31-21-9-5-10-22(31)20-24-12-7-14-26-30(36(38)42-33(24)26)28-16-8-15-27(34(28)40-18-4-2)29-25-13-6-11-23(19-21)32(25)41-35(29)37/h5-16,29-30H,3-4,17-20H2,1-2H3/t29-,30+. The maximum atomic E-state index is 13.6. The molecule has 0 unspecified atom stereocenters. The normalized spacial score (nSPS) is 18.0. The summed E-state index contributed by atoms with van der Waals surface area (Å²) in [5.74, 6) is 0.490. The average molecular weight is 561 g/mol. The number of fused-ring (bicyclic) bond motifs is 6. The van der Waals surface area contributed by atoms with Crippen molar-refractivity contribution in [2.24, 2.45) is 0 Å². The number of carbonyl (C=O) groups excluding carboxylic acids is 2. The molecule has 212 valence electrons. The predicted octanol–water partition coefficient (Wildman–Crippen LogP) is 6.86. The van der Waals surface area contributed by atoms with Crippen LogP contribution in [-0.4, -0.2) is 25.2 Å². The molecule has 42 heavy (non-hydrogen) atoms. The van der Waals surface area contributed by atoms with Gasteiger partial charge in [0.2, 0.25) is 0 Å². The van der Waals surface area contributed by atoms with E-state index in [0.717, 1.165) is 52.0 Å². The second kappa shape index (κ2) is 10.7. The first-order valence-corrected chi connectivity index (χ1v) is 14.7. The van der Waals surface area contributed by atoms with Crippen LogP contribution in [-0.2, 0) is 22.4 Å². The zero-order valence-corrected chi connectivity index (χ0v) is 23.8. The highest BCUT2D eigenvalue weighted by atomic mass is 16.5. The molecule has 0 radical (unpaired) electrons. The summed E-state index contributed by atoms with van der Waals surface area (Å²) in [6.45, 7) is 5.14. The van der Waals surface area contributed by atoms with Gasteiger partial charge in [0.05, 0.1) is 13.2 Å². The van der Waals surface area contributed by atoms with Crippen molar-refractivity contribution in [3.8, 4) is 23.0 Å². The molecule has 6 heteroatoms. The van der Waals surface area contributed by atoms with Gasteiger partial charge in [-0.2, -0.15) is 0 Å². The lowest BCUT2D eigenvalue weighted by Gasteiger charge is -2.21. The molecule has 0 spiro atoms. The first-order valence-electron chi connectivity index (χ1n) is 14.7. The van der Waals surface area contributed by atoms with Gasteiger partial charge >= 0.3 is 11.9 Å². The molecule has 0 saturated carbocycles. The lowest BCUT2D eigenvalue weighted by molar-refractivity contribution is -0.134. The highest BCUT2D eigenvalue weighted by molar-refractivity contribution is 5.93. The predicted molar refractivity (Wildman–Crippen MR) is 158 cm³/mol. The fourth-order valence-electron chi connectivity index (χ4n) is 6.47. The molecule has 2 atom stereocenters. The minimum absolute atomic E-state index is 0.354. The molecule has 0 amide bonds. The number of rotatable bonds is 6. The molecule has 1 aliphatic carbocycles. The highest BCUT2D eigenvalue weighted by Crippen LogP contribution is 2.50. The van der Waals surface area contributed by atoms with Crippen LogP contribution in [0.1, 0.15) is 83.0 Å². The number of esters is 2. The van der Waals surface area contributed by atoms with Gasteiger partial charge in [0, 0.05) is 35.1 Å². The summed E-state index contributed by atoms with van der Waals surface area (Å²) in [5.41, 5.74) is 6.85. The first-order chi connectivity index (χ1) is 20.6. The van der Waals surface area contributed by atoms with Crippen LogP contribution < -0.4 is 18.9 Å². The molecule has 0 fully saturated rings. The molecular weight excluding hydrogens is 528 g/mol. The van der Waals surface area contributed by atoms with Gasteiger partial charge in [0.25, 0.3) is 0 Å². The van der Waals surface area contributed by atoms with Crippen molar-refractivity contribution in [3.63, 3.8) is 0 Å². The van der Waals surface area contributed by atoms with Gasteiger partial charge in [-0.25, -0.2) is 0 Å². The Labute approximate surface area is 245 Å². The first kappa shape index (κ1) is 26.3. The van der Waals surface area contributed by atoms with Crippen LogP contribution >= 0.6 is 0 Å². The van der Waals surface area contributed by atoms with Crippen LogP contribution in [0.5, 0.6) is 23.0 Å². The van der Waals surface area contributed by atoms with Crippen LogP contribution in [0, 0.1) is 0 Å². The van der Waals surface area contributed by atoms with Gasteiger partial charge in [-0.05, 0) is 35.1 Å². The van der Waals surface area contributed by atoms with Gasteiger partial charge in [-0.1, -0.05) is 86.6 Å². The zero-order valence-electron chi connectivity index (χ0n) is 23.8. The van der Waals surface area contributed by atoms with Crippen molar-refractivity contribution in [2.45, 2.75) is 51.4 Å². The number of hydrogen-bond acceptors (Lipinski definition) is 6. The molecular formula is C36H32O6. The third-order valence-corrected chi connectivity index (χ3v) is 8.29. The second-order valence-electron chi connectivity index (χ2n) is 11.1. The summed E-state index contributed by atoms with van der Waals surface area (Å²) in [7, 11) is 0. The molecule has 4 aromatic rings. The Morgan fingerprint density at radius 2 is 0.976 bits per heavy atom. The van der Waals surface area contributed by atoms with Crippen molar-refractivity contribution in [3.05, 3.63) is 117 Å². The minimum atomic E-state index is -0.676. The van der Waals surface area contributed by atoms with E-state index in [-0.39, 0.29) is 11.9 Å². The molecule has 4 aromatic carbocycles. The topological polar surface area (TPSA) is 71.1 Å². The molecule has 3 aliphatic rings. The Bertz CT molecular complexity index is 1610. The van der Waals surface area contributed by atoms with Gasteiger partial charge in [-0.15, -0.1) is 0 Å². The van der Waals surface area contributed by atoms with E-state index in [1.54, 1.807) is 0 Å². The van der Waals surface area contributed by atoms with Gasteiger partial charge in [-0.3, -0.25) is 9.59 Å². The molecule has 0 N–H and O–H groups in total. The maximum Gasteiger partial charge on any atom is 0.323 e. The largest absolute Gasteiger partial charge is 0.493 e. The Morgan fingerprint density at radius 3 is 1.48 bits per heavy atom. The van der Waals surface area contributed by atoms with E-state index in [1.807, 2.05) is 67.6 Å². The summed E-state index contributed by atoms with van der Waals surface area (Å²) in [6, 6.07) is 23.7. The Morgan fingerprint density at radius 1 is 0.571 bits per heavy atom. The maximum absolute atomic E-state index is 13.6. The van der Waals surface area contributed by atoms with Crippen LogP contribution in [0.2, 0.25) is 0 Å². The highest BCUT2D eigenvalue weighted by Gasteiger charge is 2.42. The van der Waals surface area contributed by atoms with Crippen molar-refractivity contribution < 1.29 is 28.5 Å². The van der Waals surface area contributed by atoms with Gasteiger partial charge in [0.15, 0.2) is 0 Å². The number of benzene rings is 4. The summed E-state index contributed by atoms with van der Waals surface area (Å²) in [6.07, 6.45) is 2.73. The second-order valence-corrected chi connectivity index (χ2v) is 11.1. The smallest absolute Gasteiger partial charge is 0.323 e. The van der Waals surface area contributed by atoms with Crippen LogP contribution in [0.15, 0.2) is 72.8 Å². The van der Waals surface area contributed by atoms with E-state index in [9.17, 15) is 9.59 Å². The molecule has 6 nitrogen and oxygen atoms in total. The fourth-order valence-corrected chi connectivity index (χ4v) is 6.47. The summed E-state index contributed by atoms with van der Waals surface area (Å²) in [5, 5.41) is 0. The summed E-state index contributed by atoms with van der Waals surface area (Å²) < 4.78 is 24.8. The average Bonchev–Trinajstić information content (AvgIpc) is 3.51. The van der Waals surface area contributed by atoms with Crippen molar-refractivity contribution in [2.75, 3.05) is 13.2 Å². The van der Waals surface area contributed by atoms with Gasteiger partial charge in [0.1, 0.15) is 34.8 Å². The quantitative estimate of drug-likeness (QED) is 0.190. The zero-order chi connectivity index (χ0) is 28.8. The van der Waals surface area contributed by atoms with E-state index in [4.69, 9.17) is 18.9 Å². The lowest BCUT2D eigenvalue weighted by Crippen LogP contribution is -2.17. The summed E-state index contributed by atoms with van der Waals surface area (Å²) in [4.78, 5) is 27.3. The molecule has 12 bridgehead atoms. The number of hydrogen-bond donors (Lipinski definition) is 0. The van der Waals surface area contributed by atoms with E-state index in [0.29, 0.717) is 54.4 Å². The minimum Gasteiger partial charge on any atom is -0.493 e. The summed E-state index contributed by atoms with van der Waals surface area (Å²) >= 11 is 0. The number of ether oxygens (including phenoxy) is 4. The van der Waals surface area contributed by atoms with Crippen LogP contribution in [0.4, 0.5) is 0 Å². The fraction of sp³-hybridized carbons (Fsp3) is 0.278. The van der Waals surface area contributed by atoms with Crippen molar-refractivity contribution in [1.29, 1.82) is 0 Å². The molecule has 7 rings (SSSR count). The lowest BCUT2D eigenvalue weighted by atomic mass is 9.84. The van der Waals surface area contributed by atoms with E-state index in [2.05, 4.69) is 19.1 Å². The Balaban J connectivity index is 1.51. The number of carbonyl (C=O) groups is 2. The Kier molecular flexibility index (Phi) is 6.69. The molecule has 0 saturated heterocycles. The molecule has 2 aliphatic heterocycles. The third-order valence-electron chi connectivity index (χ3n) is 8.29. The molecule has 0 aromatic heterocycles. The van der Waals surface area contributed by atoms with Crippen LogP contribution in [0.3, 0.4) is 0 Å². The van der Waals surface area contributed by atoms with E-state index in [1.165, 1.54) is 0 Å². The van der Waals surface area contributed by atoms with Crippen LogP contribution in [0.25, 0.3) is 0 Å². The monoisotopic (exact) mass is 560 g/mol. The van der Waals surface area contributed by atoms with Crippen molar-refractivity contribution >= 4 is 11.9 Å².